The molecule has 1 heterocycles. The predicted octanol–water partition coefficient (Wildman–Crippen LogP) is 2.62. The second-order valence-electron chi connectivity index (χ2n) is 5.09. The molecule has 1 fully saturated rings. The van der Waals surface area contributed by atoms with Crippen molar-refractivity contribution < 1.29 is 4.79 Å². The number of carbonyl (C=O) groups is 1. The van der Waals surface area contributed by atoms with Crippen molar-refractivity contribution >= 4 is 34.8 Å². The van der Waals surface area contributed by atoms with E-state index in [-0.39, 0.29) is 5.91 Å². The fourth-order valence-corrected chi connectivity index (χ4v) is 2.69. The molecule has 1 aliphatic rings. The number of anilines is 1. The van der Waals surface area contributed by atoms with Gasteiger partial charge in [-0.25, -0.2) is 0 Å². The Kier molecular flexibility index (Phi) is 5.66. The molecular formula is C14H19Cl2N3O. The monoisotopic (exact) mass is 315 g/mol. The largest absolute Gasteiger partial charge is 0.324 e. The molecular weight excluding hydrogens is 297 g/mol. The third-order valence-corrected chi connectivity index (χ3v) is 4.05. The number of nitrogens with zero attached hydrogens (tertiary/aromatic N) is 1. The van der Waals surface area contributed by atoms with Crippen LogP contribution in [-0.4, -0.2) is 43.5 Å². The van der Waals surface area contributed by atoms with Crippen LogP contribution in [-0.2, 0) is 4.79 Å². The van der Waals surface area contributed by atoms with Gasteiger partial charge in [-0.1, -0.05) is 23.2 Å². The lowest BCUT2D eigenvalue weighted by atomic mass is 10.1. The van der Waals surface area contributed by atoms with Crippen molar-refractivity contribution in [2.75, 3.05) is 32.0 Å². The number of benzene rings is 1. The summed E-state index contributed by atoms with van der Waals surface area (Å²) in [7, 11) is 1.97. The van der Waals surface area contributed by atoms with E-state index >= 15 is 0 Å². The van der Waals surface area contributed by atoms with Crippen molar-refractivity contribution in [2.24, 2.45) is 0 Å². The lowest BCUT2D eigenvalue weighted by Gasteiger charge is -2.31. The average Bonchev–Trinajstić information content (AvgIpc) is 2.43. The number of likely N-dealkylation sites (N-methyl/N-ethyl adjacent to an activating group) is 1. The van der Waals surface area contributed by atoms with Crippen LogP contribution in [0.15, 0.2) is 18.2 Å². The minimum Gasteiger partial charge on any atom is -0.324 e. The van der Waals surface area contributed by atoms with E-state index in [2.05, 4.69) is 15.5 Å². The molecule has 1 aliphatic heterocycles. The number of nitrogens with one attached hydrogen (secondary N) is 2. The van der Waals surface area contributed by atoms with Crippen molar-refractivity contribution in [1.82, 2.24) is 10.2 Å². The fourth-order valence-electron chi connectivity index (χ4n) is 2.35. The SMILES string of the molecule is CN(CC(=O)Nc1cc(Cl)ccc1Cl)C1CCCNC1. The first-order chi connectivity index (χ1) is 9.56. The first kappa shape index (κ1) is 15.6. The van der Waals surface area contributed by atoms with Crippen LogP contribution < -0.4 is 10.6 Å². The summed E-state index contributed by atoms with van der Waals surface area (Å²) in [6.07, 6.45) is 2.27. The zero-order valence-electron chi connectivity index (χ0n) is 11.5. The van der Waals surface area contributed by atoms with Gasteiger partial charge in [-0.3, -0.25) is 9.69 Å². The summed E-state index contributed by atoms with van der Waals surface area (Å²) >= 11 is 11.9. The maximum absolute atomic E-state index is 12.1. The highest BCUT2D eigenvalue weighted by atomic mass is 35.5. The van der Waals surface area contributed by atoms with E-state index < -0.39 is 0 Å². The van der Waals surface area contributed by atoms with Gasteiger partial charge in [0.05, 0.1) is 17.3 Å². The highest BCUT2D eigenvalue weighted by Crippen LogP contribution is 2.25. The summed E-state index contributed by atoms with van der Waals surface area (Å²) in [6.45, 7) is 2.34. The van der Waals surface area contributed by atoms with Crippen molar-refractivity contribution in [1.29, 1.82) is 0 Å². The molecule has 6 heteroatoms. The Hall–Kier alpha value is -0.810. The number of carbonyl (C=O) groups excluding carboxylic acids is 1. The molecule has 0 saturated carbocycles. The quantitative estimate of drug-likeness (QED) is 0.897. The first-order valence-corrected chi connectivity index (χ1v) is 7.47. The molecule has 1 saturated heterocycles. The van der Waals surface area contributed by atoms with Crippen LogP contribution in [0.2, 0.25) is 10.0 Å². The van der Waals surface area contributed by atoms with Crippen molar-refractivity contribution in [3.8, 4) is 0 Å². The van der Waals surface area contributed by atoms with Gasteiger partial charge < -0.3 is 10.6 Å². The average molecular weight is 316 g/mol. The number of hydrogen-bond donors (Lipinski definition) is 2. The topological polar surface area (TPSA) is 44.4 Å². The summed E-state index contributed by atoms with van der Waals surface area (Å²) in [4.78, 5) is 14.1. The van der Waals surface area contributed by atoms with Crippen LogP contribution in [0.25, 0.3) is 0 Å². The van der Waals surface area contributed by atoms with Gasteiger partial charge in [-0.15, -0.1) is 0 Å². The molecule has 110 valence electrons. The van der Waals surface area contributed by atoms with E-state index in [0.717, 1.165) is 25.9 Å². The molecule has 2 N–H and O–H groups in total. The molecule has 0 bridgehead atoms. The van der Waals surface area contributed by atoms with Crippen LogP contribution in [0.3, 0.4) is 0 Å². The molecule has 0 aromatic heterocycles. The standard InChI is InChI=1S/C14H19Cl2N3O/c1-19(11-3-2-6-17-8-11)9-14(20)18-13-7-10(15)4-5-12(13)16/h4-5,7,11,17H,2-3,6,8-9H2,1H3,(H,18,20). The van der Waals surface area contributed by atoms with Gasteiger partial charge in [0.1, 0.15) is 0 Å². The third-order valence-electron chi connectivity index (χ3n) is 3.49. The van der Waals surface area contributed by atoms with E-state index in [4.69, 9.17) is 23.2 Å². The fraction of sp³-hybridized carbons (Fsp3) is 0.500. The lowest BCUT2D eigenvalue weighted by Crippen LogP contribution is -2.46. The van der Waals surface area contributed by atoms with E-state index in [1.807, 2.05) is 7.05 Å². The number of amides is 1. The molecule has 1 atom stereocenters. The lowest BCUT2D eigenvalue weighted by molar-refractivity contribution is -0.117. The normalized spacial score (nSPS) is 19.1. The van der Waals surface area contributed by atoms with Gasteiger partial charge in [-0.05, 0) is 44.6 Å². The van der Waals surface area contributed by atoms with Crippen molar-refractivity contribution in [3.63, 3.8) is 0 Å². The molecule has 1 aromatic rings. The van der Waals surface area contributed by atoms with Gasteiger partial charge in [0.15, 0.2) is 0 Å². The van der Waals surface area contributed by atoms with Gasteiger partial charge in [0.25, 0.3) is 0 Å². The molecule has 20 heavy (non-hydrogen) atoms. The molecule has 4 nitrogen and oxygen atoms in total. The second-order valence-corrected chi connectivity index (χ2v) is 5.93. The maximum Gasteiger partial charge on any atom is 0.238 e. The van der Waals surface area contributed by atoms with Gasteiger partial charge in [0.2, 0.25) is 5.91 Å². The van der Waals surface area contributed by atoms with Crippen LogP contribution in [0.4, 0.5) is 5.69 Å². The number of piperidine rings is 1. The van der Waals surface area contributed by atoms with E-state index in [1.165, 1.54) is 0 Å². The zero-order chi connectivity index (χ0) is 14.5. The molecule has 1 amide bonds. The summed E-state index contributed by atoms with van der Waals surface area (Å²) in [6, 6.07) is 5.43. The molecule has 1 unspecified atom stereocenters. The van der Waals surface area contributed by atoms with Crippen LogP contribution in [0.1, 0.15) is 12.8 Å². The van der Waals surface area contributed by atoms with Crippen LogP contribution in [0, 0.1) is 0 Å². The second kappa shape index (κ2) is 7.27. The number of hydrogen-bond acceptors (Lipinski definition) is 3. The summed E-state index contributed by atoms with van der Waals surface area (Å²) in [5.74, 6) is -0.0813. The Bertz CT molecular complexity index is 475. The van der Waals surface area contributed by atoms with Crippen molar-refractivity contribution in [2.45, 2.75) is 18.9 Å². The van der Waals surface area contributed by atoms with Crippen molar-refractivity contribution in [3.05, 3.63) is 28.2 Å². The van der Waals surface area contributed by atoms with Crippen LogP contribution in [0.5, 0.6) is 0 Å². The zero-order valence-corrected chi connectivity index (χ0v) is 13.0. The minimum absolute atomic E-state index is 0.0813. The predicted molar refractivity (Wildman–Crippen MR) is 83.6 cm³/mol. The van der Waals surface area contributed by atoms with Crippen LogP contribution >= 0.6 is 23.2 Å². The maximum atomic E-state index is 12.1. The third kappa shape index (κ3) is 4.35. The minimum atomic E-state index is -0.0813. The smallest absolute Gasteiger partial charge is 0.238 e. The Morgan fingerprint density at radius 1 is 1.50 bits per heavy atom. The van der Waals surface area contributed by atoms with E-state index in [1.54, 1.807) is 18.2 Å². The molecule has 1 aromatic carbocycles. The first-order valence-electron chi connectivity index (χ1n) is 6.72. The Morgan fingerprint density at radius 3 is 3.00 bits per heavy atom. The Balaban J connectivity index is 1.89. The molecule has 0 aliphatic carbocycles. The highest BCUT2D eigenvalue weighted by Gasteiger charge is 2.19. The number of halogens is 2. The highest BCUT2D eigenvalue weighted by molar-refractivity contribution is 6.35. The summed E-state index contributed by atoms with van der Waals surface area (Å²) < 4.78 is 0. The molecule has 2 rings (SSSR count). The van der Waals surface area contributed by atoms with E-state index in [9.17, 15) is 4.79 Å². The van der Waals surface area contributed by atoms with Gasteiger partial charge >= 0.3 is 0 Å². The molecule has 0 spiro atoms. The number of rotatable bonds is 4. The Labute approximate surface area is 129 Å². The van der Waals surface area contributed by atoms with E-state index in [0.29, 0.717) is 28.3 Å². The Morgan fingerprint density at radius 2 is 2.30 bits per heavy atom. The van der Waals surface area contributed by atoms with Gasteiger partial charge in [0, 0.05) is 17.6 Å². The summed E-state index contributed by atoms with van der Waals surface area (Å²) in [5.41, 5.74) is 0.555. The molecule has 0 radical (unpaired) electrons. The summed E-state index contributed by atoms with van der Waals surface area (Å²) in [5, 5.41) is 7.19. The van der Waals surface area contributed by atoms with Gasteiger partial charge in [-0.2, -0.15) is 0 Å².